The molecule has 166 valence electrons. The van der Waals surface area contributed by atoms with Crippen LogP contribution in [0, 0.1) is 25.7 Å². The minimum absolute atomic E-state index is 0.00347. The molecule has 0 saturated heterocycles. The normalized spacial score (nSPS) is 11.9. The Hall–Kier alpha value is -3.22. The van der Waals surface area contributed by atoms with Gasteiger partial charge in [0.1, 0.15) is 45.3 Å². The molecule has 0 aliphatic rings. The second kappa shape index (κ2) is 7.80. The average Bonchev–Trinajstić information content (AvgIpc) is 3.05. The number of phenols is 4. The summed E-state index contributed by atoms with van der Waals surface area (Å²) in [5.41, 5.74) is 0.0618. The fraction of sp³-hybridized carbons (Fsp3) is 0.417. The summed E-state index contributed by atoms with van der Waals surface area (Å²) in [6.07, 6.45) is 0.206. The van der Waals surface area contributed by atoms with E-state index < -0.39 is 34.6 Å². The van der Waals surface area contributed by atoms with Gasteiger partial charge in [-0.3, -0.25) is 9.59 Å². The molecule has 3 aromatic rings. The molecular weight excluding hydrogens is 400 g/mol. The van der Waals surface area contributed by atoms with E-state index in [9.17, 15) is 30.0 Å². The van der Waals surface area contributed by atoms with Crippen molar-refractivity contribution in [2.45, 2.75) is 54.4 Å². The van der Waals surface area contributed by atoms with Gasteiger partial charge in [0, 0.05) is 24.0 Å². The zero-order chi connectivity index (χ0) is 23.4. The molecule has 0 aliphatic carbocycles. The van der Waals surface area contributed by atoms with E-state index >= 15 is 0 Å². The molecule has 0 spiro atoms. The SMILES string of the molecule is Cc1c(O)c(C(=O)CC(C)C)c(O)c2c1oc1c(C)c(O)c(C(=O)CC(C)C)c(O)c12. The predicted octanol–water partition coefficient (Wildman–Crippen LogP) is 5.48. The Labute approximate surface area is 179 Å². The maximum Gasteiger partial charge on any atom is 0.170 e. The molecule has 1 heterocycles. The summed E-state index contributed by atoms with van der Waals surface area (Å²) in [7, 11) is 0. The van der Waals surface area contributed by atoms with Gasteiger partial charge in [-0.15, -0.1) is 0 Å². The summed E-state index contributed by atoms with van der Waals surface area (Å²) in [4.78, 5) is 25.5. The van der Waals surface area contributed by atoms with Crippen molar-refractivity contribution in [3.8, 4) is 23.0 Å². The average molecular weight is 428 g/mol. The van der Waals surface area contributed by atoms with Crippen molar-refractivity contribution in [1.29, 1.82) is 0 Å². The highest BCUT2D eigenvalue weighted by molar-refractivity contribution is 6.21. The van der Waals surface area contributed by atoms with Gasteiger partial charge in [-0.2, -0.15) is 0 Å². The maximum atomic E-state index is 12.7. The lowest BCUT2D eigenvalue weighted by Crippen LogP contribution is -2.06. The summed E-state index contributed by atoms with van der Waals surface area (Å²) >= 11 is 0. The van der Waals surface area contributed by atoms with E-state index in [1.165, 1.54) is 13.8 Å². The van der Waals surface area contributed by atoms with Gasteiger partial charge in [-0.05, 0) is 25.7 Å². The molecule has 1 aromatic heterocycles. The third-order valence-corrected chi connectivity index (χ3v) is 5.47. The van der Waals surface area contributed by atoms with Crippen LogP contribution in [0.25, 0.3) is 21.9 Å². The Bertz CT molecular complexity index is 1130. The van der Waals surface area contributed by atoms with E-state index in [2.05, 4.69) is 0 Å². The first kappa shape index (κ1) is 22.5. The number of hydrogen-bond acceptors (Lipinski definition) is 7. The second-order valence-electron chi connectivity index (χ2n) is 8.95. The largest absolute Gasteiger partial charge is 0.507 e. The number of aromatic hydroxyl groups is 4. The number of rotatable bonds is 6. The van der Waals surface area contributed by atoms with Gasteiger partial charge in [0.25, 0.3) is 0 Å². The number of phenolic OH excluding ortho intramolecular Hbond substituents is 4. The van der Waals surface area contributed by atoms with Gasteiger partial charge in [-0.25, -0.2) is 0 Å². The van der Waals surface area contributed by atoms with Gasteiger partial charge in [0.05, 0.1) is 10.8 Å². The minimum Gasteiger partial charge on any atom is -0.507 e. The van der Waals surface area contributed by atoms with E-state index in [0.717, 1.165) is 0 Å². The summed E-state index contributed by atoms with van der Waals surface area (Å²) < 4.78 is 5.81. The molecule has 0 saturated carbocycles. The number of Topliss-reactive ketones (excluding diaryl/α,β-unsaturated/α-hetero) is 2. The standard InChI is InChI=1S/C24H28O7/c1-9(2)7-13(25)15-19(27)11(5)23-17(21(15)29)18-22(30)16(14(26)8-10(3)4)20(28)12(6)24(18)31-23/h9-10,27-30H,7-8H2,1-6H3. The fourth-order valence-corrected chi connectivity index (χ4v) is 3.95. The molecule has 0 atom stereocenters. The predicted molar refractivity (Wildman–Crippen MR) is 117 cm³/mol. The van der Waals surface area contributed by atoms with Crippen LogP contribution in [0.3, 0.4) is 0 Å². The molecule has 4 N–H and O–H groups in total. The molecule has 0 unspecified atom stereocenters. The first-order valence-corrected chi connectivity index (χ1v) is 10.3. The lowest BCUT2D eigenvalue weighted by molar-refractivity contribution is 0.0953. The van der Waals surface area contributed by atoms with E-state index in [-0.39, 0.29) is 68.9 Å². The molecule has 0 fully saturated rings. The molecule has 7 nitrogen and oxygen atoms in total. The van der Waals surface area contributed by atoms with Crippen LogP contribution in [-0.4, -0.2) is 32.0 Å². The monoisotopic (exact) mass is 428 g/mol. The molecule has 0 radical (unpaired) electrons. The van der Waals surface area contributed by atoms with Crippen LogP contribution in [0.1, 0.15) is 72.4 Å². The number of benzene rings is 2. The first-order valence-electron chi connectivity index (χ1n) is 10.3. The van der Waals surface area contributed by atoms with Crippen LogP contribution < -0.4 is 0 Å². The van der Waals surface area contributed by atoms with Gasteiger partial charge >= 0.3 is 0 Å². The van der Waals surface area contributed by atoms with E-state index in [4.69, 9.17) is 4.42 Å². The lowest BCUT2D eigenvalue weighted by Gasteiger charge is -2.13. The van der Waals surface area contributed by atoms with Crippen molar-refractivity contribution in [1.82, 2.24) is 0 Å². The molecular formula is C24H28O7. The lowest BCUT2D eigenvalue weighted by atomic mass is 9.92. The number of fused-ring (bicyclic) bond motifs is 3. The van der Waals surface area contributed by atoms with Crippen molar-refractivity contribution in [2.75, 3.05) is 0 Å². The molecule has 0 bridgehead atoms. The highest BCUT2D eigenvalue weighted by Crippen LogP contribution is 2.51. The second-order valence-corrected chi connectivity index (χ2v) is 8.95. The van der Waals surface area contributed by atoms with Crippen LogP contribution >= 0.6 is 0 Å². The molecule has 7 heteroatoms. The van der Waals surface area contributed by atoms with Crippen molar-refractivity contribution in [2.24, 2.45) is 11.8 Å². The van der Waals surface area contributed by atoms with Crippen LogP contribution in [0.5, 0.6) is 23.0 Å². The van der Waals surface area contributed by atoms with Gasteiger partial charge in [0.2, 0.25) is 0 Å². The first-order chi connectivity index (χ1) is 14.4. The van der Waals surface area contributed by atoms with Crippen molar-refractivity contribution < 1.29 is 34.4 Å². The van der Waals surface area contributed by atoms with Crippen molar-refractivity contribution in [3.63, 3.8) is 0 Å². The zero-order valence-electron chi connectivity index (χ0n) is 18.6. The highest BCUT2D eigenvalue weighted by atomic mass is 16.3. The number of carbonyl (C=O) groups excluding carboxylic acids is 2. The van der Waals surface area contributed by atoms with Crippen molar-refractivity contribution >= 4 is 33.5 Å². The fourth-order valence-electron chi connectivity index (χ4n) is 3.95. The molecule has 0 amide bonds. The maximum absolute atomic E-state index is 12.7. The van der Waals surface area contributed by atoms with Crippen LogP contribution in [0.15, 0.2) is 4.42 Å². The zero-order valence-corrected chi connectivity index (χ0v) is 18.6. The van der Waals surface area contributed by atoms with Gasteiger partial charge in [0.15, 0.2) is 11.6 Å². The van der Waals surface area contributed by atoms with Crippen LogP contribution in [0.2, 0.25) is 0 Å². The molecule has 31 heavy (non-hydrogen) atoms. The molecule has 0 aliphatic heterocycles. The van der Waals surface area contributed by atoms with Crippen LogP contribution in [-0.2, 0) is 0 Å². The number of ketones is 2. The Morgan fingerprint density at radius 1 is 0.677 bits per heavy atom. The number of furan rings is 1. The third kappa shape index (κ3) is 3.48. The van der Waals surface area contributed by atoms with E-state index in [1.54, 1.807) is 0 Å². The topological polar surface area (TPSA) is 128 Å². The Kier molecular flexibility index (Phi) is 5.65. The Balaban J connectivity index is 2.48. The quantitative estimate of drug-likeness (QED) is 0.383. The summed E-state index contributed by atoms with van der Waals surface area (Å²) in [5, 5.41) is 43.2. The summed E-state index contributed by atoms with van der Waals surface area (Å²) in [6, 6.07) is 0. The summed E-state index contributed by atoms with van der Waals surface area (Å²) in [6.45, 7) is 10.4. The third-order valence-electron chi connectivity index (χ3n) is 5.47. The minimum atomic E-state index is -0.523. The Morgan fingerprint density at radius 2 is 1.00 bits per heavy atom. The van der Waals surface area contributed by atoms with Crippen LogP contribution in [0.4, 0.5) is 0 Å². The summed E-state index contributed by atoms with van der Waals surface area (Å²) in [5.74, 6) is -2.74. The van der Waals surface area contributed by atoms with Gasteiger partial charge < -0.3 is 24.8 Å². The number of hydrogen-bond donors (Lipinski definition) is 4. The molecule has 2 aromatic carbocycles. The number of aryl methyl sites for hydroxylation is 2. The smallest absolute Gasteiger partial charge is 0.170 e. The Morgan fingerprint density at radius 3 is 1.29 bits per heavy atom. The van der Waals surface area contributed by atoms with Crippen molar-refractivity contribution in [3.05, 3.63) is 22.3 Å². The van der Waals surface area contributed by atoms with E-state index in [0.29, 0.717) is 0 Å². The van der Waals surface area contributed by atoms with E-state index in [1.807, 2.05) is 27.7 Å². The number of carbonyl (C=O) groups is 2. The highest BCUT2D eigenvalue weighted by Gasteiger charge is 2.31. The molecule has 3 rings (SSSR count). The van der Waals surface area contributed by atoms with Gasteiger partial charge in [-0.1, -0.05) is 27.7 Å².